The zero-order chi connectivity index (χ0) is 13.9. The van der Waals surface area contributed by atoms with Crippen LogP contribution in [0.4, 0.5) is 0 Å². The lowest BCUT2D eigenvalue weighted by molar-refractivity contribution is -0.0560. The van der Waals surface area contributed by atoms with Crippen LogP contribution in [0.15, 0.2) is 0 Å². The second-order valence-corrected chi connectivity index (χ2v) is 6.74. The van der Waals surface area contributed by atoms with Crippen molar-refractivity contribution < 1.29 is 9.84 Å². The van der Waals surface area contributed by atoms with Gasteiger partial charge in [-0.1, -0.05) is 13.8 Å². The molecule has 0 radical (unpaired) electrons. The van der Waals surface area contributed by atoms with Gasteiger partial charge in [0, 0.05) is 13.2 Å². The van der Waals surface area contributed by atoms with E-state index >= 15 is 0 Å². The van der Waals surface area contributed by atoms with Crippen LogP contribution < -0.4 is 0 Å². The van der Waals surface area contributed by atoms with Crippen LogP contribution in [0.3, 0.4) is 0 Å². The summed E-state index contributed by atoms with van der Waals surface area (Å²) in [7, 11) is 0. The molecule has 0 bridgehead atoms. The highest BCUT2D eigenvalue weighted by Crippen LogP contribution is 2.46. The van der Waals surface area contributed by atoms with E-state index in [1.165, 1.54) is 0 Å². The van der Waals surface area contributed by atoms with E-state index in [1.54, 1.807) is 0 Å². The Bertz CT molecular complexity index is 320. The number of hydrogen-bond acceptors (Lipinski definition) is 3. The van der Waals surface area contributed by atoms with Gasteiger partial charge in [-0.05, 0) is 56.3 Å². The quantitative estimate of drug-likeness (QED) is 0.853. The smallest absolute Gasteiger partial charge is 0.0835 e. The molecule has 1 saturated carbocycles. The molecule has 1 aliphatic heterocycles. The van der Waals surface area contributed by atoms with Crippen LogP contribution in [-0.2, 0) is 4.74 Å². The molecule has 108 valence electrons. The zero-order valence-corrected chi connectivity index (χ0v) is 12.3. The van der Waals surface area contributed by atoms with Crippen LogP contribution in [0.1, 0.15) is 52.4 Å². The van der Waals surface area contributed by atoms with E-state index in [0.717, 1.165) is 57.7 Å². The summed E-state index contributed by atoms with van der Waals surface area (Å²) in [4.78, 5) is 0. The fourth-order valence-electron chi connectivity index (χ4n) is 3.78. The van der Waals surface area contributed by atoms with E-state index in [0.29, 0.717) is 5.92 Å². The predicted octanol–water partition coefficient (Wildman–Crippen LogP) is 3.13. The van der Waals surface area contributed by atoms with E-state index in [9.17, 15) is 10.4 Å². The lowest BCUT2D eigenvalue weighted by Crippen LogP contribution is -2.44. The van der Waals surface area contributed by atoms with E-state index in [2.05, 4.69) is 19.9 Å². The Morgan fingerprint density at radius 1 is 1.11 bits per heavy atom. The maximum absolute atomic E-state index is 10.7. The van der Waals surface area contributed by atoms with Crippen molar-refractivity contribution in [1.82, 2.24) is 0 Å². The fraction of sp³-hybridized carbons (Fsp3) is 0.938. The summed E-state index contributed by atoms with van der Waals surface area (Å²) in [6.45, 7) is 5.99. The average Bonchev–Trinajstić information content (AvgIpc) is 2.47. The molecule has 1 atom stereocenters. The van der Waals surface area contributed by atoms with Crippen LogP contribution in [0.5, 0.6) is 0 Å². The van der Waals surface area contributed by atoms with Gasteiger partial charge in [0.2, 0.25) is 0 Å². The maximum Gasteiger partial charge on any atom is 0.0835 e. The molecule has 0 spiro atoms. The Hall–Kier alpha value is -0.590. The summed E-state index contributed by atoms with van der Waals surface area (Å²) in [5.41, 5.74) is -0.493. The van der Waals surface area contributed by atoms with Gasteiger partial charge in [0.25, 0.3) is 0 Å². The van der Waals surface area contributed by atoms with Crippen molar-refractivity contribution in [3.05, 3.63) is 0 Å². The van der Waals surface area contributed by atoms with Gasteiger partial charge < -0.3 is 9.84 Å². The van der Waals surface area contributed by atoms with E-state index in [4.69, 9.17) is 4.74 Å². The Balaban J connectivity index is 2.01. The molecule has 1 saturated heterocycles. The molecule has 1 heterocycles. The van der Waals surface area contributed by atoms with Gasteiger partial charge in [-0.25, -0.2) is 0 Å². The SMILES string of the molecule is CC(C)C1CCC(C#N)(C(O)C2CCOCC2)CC1. The topological polar surface area (TPSA) is 53.2 Å². The van der Waals surface area contributed by atoms with E-state index in [-0.39, 0.29) is 5.92 Å². The Labute approximate surface area is 117 Å². The number of aliphatic hydroxyl groups is 1. The molecule has 2 aliphatic rings. The molecular weight excluding hydrogens is 238 g/mol. The molecular formula is C16H27NO2. The highest BCUT2D eigenvalue weighted by Gasteiger charge is 2.45. The lowest BCUT2D eigenvalue weighted by Gasteiger charge is -2.43. The first kappa shape index (κ1) is 14.8. The summed E-state index contributed by atoms with van der Waals surface area (Å²) >= 11 is 0. The highest BCUT2D eigenvalue weighted by atomic mass is 16.5. The van der Waals surface area contributed by atoms with Crippen molar-refractivity contribution in [3.8, 4) is 6.07 Å². The molecule has 0 aromatic rings. The molecule has 3 nitrogen and oxygen atoms in total. The van der Waals surface area contributed by atoms with Crippen molar-refractivity contribution in [3.63, 3.8) is 0 Å². The molecule has 1 unspecified atom stereocenters. The zero-order valence-electron chi connectivity index (χ0n) is 12.3. The second-order valence-electron chi connectivity index (χ2n) is 6.74. The molecule has 0 amide bonds. The first-order chi connectivity index (χ1) is 9.09. The van der Waals surface area contributed by atoms with Crippen LogP contribution >= 0.6 is 0 Å². The van der Waals surface area contributed by atoms with Crippen molar-refractivity contribution in [2.45, 2.75) is 58.5 Å². The van der Waals surface area contributed by atoms with Crippen LogP contribution in [-0.4, -0.2) is 24.4 Å². The number of ether oxygens (including phenoxy) is 1. The standard InChI is InChI=1S/C16H27NO2/c1-12(2)13-3-7-16(11-17,8-4-13)15(18)14-5-9-19-10-6-14/h12-15,18H,3-10H2,1-2H3. The molecule has 0 aromatic carbocycles. The first-order valence-electron chi connectivity index (χ1n) is 7.76. The second kappa shape index (κ2) is 6.24. The third-order valence-corrected chi connectivity index (χ3v) is 5.37. The van der Waals surface area contributed by atoms with Gasteiger partial charge in [-0.3, -0.25) is 0 Å². The van der Waals surface area contributed by atoms with Crippen molar-refractivity contribution in [2.24, 2.45) is 23.2 Å². The predicted molar refractivity (Wildman–Crippen MR) is 74.4 cm³/mol. The largest absolute Gasteiger partial charge is 0.391 e. The Kier molecular flexibility index (Phi) is 4.86. The number of nitrogens with zero attached hydrogens (tertiary/aromatic N) is 1. The van der Waals surface area contributed by atoms with Gasteiger partial charge in [-0.15, -0.1) is 0 Å². The summed E-state index contributed by atoms with van der Waals surface area (Å²) < 4.78 is 5.36. The summed E-state index contributed by atoms with van der Waals surface area (Å²) in [5.74, 6) is 1.67. The molecule has 19 heavy (non-hydrogen) atoms. The molecule has 2 fully saturated rings. The molecule has 3 heteroatoms. The Morgan fingerprint density at radius 3 is 2.16 bits per heavy atom. The van der Waals surface area contributed by atoms with Gasteiger partial charge in [0.05, 0.1) is 17.6 Å². The third kappa shape index (κ3) is 3.12. The van der Waals surface area contributed by atoms with Crippen molar-refractivity contribution >= 4 is 0 Å². The normalized spacial score (nSPS) is 35.0. The van der Waals surface area contributed by atoms with E-state index in [1.807, 2.05) is 0 Å². The number of nitriles is 1. The summed E-state index contributed by atoms with van der Waals surface area (Å²) in [5, 5.41) is 20.3. The third-order valence-electron chi connectivity index (χ3n) is 5.37. The van der Waals surface area contributed by atoms with Crippen LogP contribution in [0.25, 0.3) is 0 Å². The maximum atomic E-state index is 10.7. The molecule has 2 rings (SSSR count). The minimum atomic E-state index is -0.493. The summed E-state index contributed by atoms with van der Waals surface area (Å²) in [6.07, 6.45) is 5.25. The van der Waals surface area contributed by atoms with Crippen LogP contribution in [0, 0.1) is 34.5 Å². The van der Waals surface area contributed by atoms with Crippen molar-refractivity contribution in [2.75, 3.05) is 13.2 Å². The average molecular weight is 265 g/mol. The number of rotatable bonds is 3. The number of aliphatic hydroxyl groups excluding tert-OH is 1. The molecule has 1 N–H and O–H groups in total. The number of hydrogen-bond donors (Lipinski definition) is 1. The minimum Gasteiger partial charge on any atom is -0.391 e. The Morgan fingerprint density at radius 2 is 1.68 bits per heavy atom. The van der Waals surface area contributed by atoms with Crippen LogP contribution in [0.2, 0.25) is 0 Å². The summed E-state index contributed by atoms with van der Waals surface area (Å²) in [6, 6.07) is 2.48. The van der Waals surface area contributed by atoms with E-state index < -0.39 is 11.5 Å². The van der Waals surface area contributed by atoms with Gasteiger partial charge in [0.1, 0.15) is 0 Å². The highest BCUT2D eigenvalue weighted by molar-refractivity contribution is 5.07. The van der Waals surface area contributed by atoms with Gasteiger partial charge in [0.15, 0.2) is 0 Å². The lowest BCUT2D eigenvalue weighted by atomic mass is 9.63. The molecule has 1 aliphatic carbocycles. The minimum absolute atomic E-state index is 0.254. The van der Waals surface area contributed by atoms with Gasteiger partial charge >= 0.3 is 0 Å². The first-order valence-corrected chi connectivity index (χ1v) is 7.76. The molecule has 0 aromatic heterocycles. The van der Waals surface area contributed by atoms with Crippen molar-refractivity contribution in [1.29, 1.82) is 5.26 Å². The van der Waals surface area contributed by atoms with Gasteiger partial charge in [-0.2, -0.15) is 5.26 Å². The monoisotopic (exact) mass is 265 g/mol. The fourth-order valence-corrected chi connectivity index (χ4v) is 3.78.